The van der Waals surface area contributed by atoms with Gasteiger partial charge in [-0.2, -0.15) is 0 Å². The lowest BCUT2D eigenvalue weighted by atomic mass is 10.0. The summed E-state index contributed by atoms with van der Waals surface area (Å²) in [7, 11) is 2.94. The van der Waals surface area contributed by atoms with Crippen molar-refractivity contribution in [3.05, 3.63) is 36.0 Å². The molecular weight excluding hydrogens is 296 g/mol. The van der Waals surface area contributed by atoms with Crippen molar-refractivity contribution >= 4 is 22.8 Å². The van der Waals surface area contributed by atoms with Crippen LogP contribution in [0.15, 0.2) is 30.5 Å². The Kier molecular flexibility index (Phi) is 5.05. The minimum atomic E-state index is -1.10. The van der Waals surface area contributed by atoms with Crippen LogP contribution in [0.3, 0.4) is 0 Å². The Morgan fingerprint density at radius 1 is 1.22 bits per heavy atom. The Morgan fingerprint density at radius 2 is 1.91 bits per heavy atom. The second kappa shape index (κ2) is 6.83. The van der Waals surface area contributed by atoms with Crippen LogP contribution in [0.4, 0.5) is 0 Å². The lowest BCUT2D eigenvalue weighted by Crippen LogP contribution is -2.50. The van der Waals surface area contributed by atoms with Crippen LogP contribution in [0, 0.1) is 0 Å². The molecule has 1 aromatic carbocycles. The van der Waals surface area contributed by atoms with E-state index in [0.717, 1.165) is 10.9 Å². The van der Waals surface area contributed by atoms with Crippen molar-refractivity contribution in [2.24, 2.45) is 0 Å². The molecule has 1 amide bonds. The topological polar surface area (TPSA) is 69.6 Å². The zero-order valence-electron chi connectivity index (χ0n) is 13.9. The van der Waals surface area contributed by atoms with E-state index in [9.17, 15) is 9.59 Å². The summed E-state index contributed by atoms with van der Waals surface area (Å²) in [5.41, 5.74) is 0.376. The van der Waals surface area contributed by atoms with E-state index in [-0.39, 0.29) is 5.91 Å². The molecule has 0 aliphatic heterocycles. The quantitative estimate of drug-likeness (QED) is 0.827. The molecule has 6 nitrogen and oxygen atoms in total. The van der Waals surface area contributed by atoms with Gasteiger partial charge in [0, 0.05) is 30.8 Å². The molecule has 0 spiro atoms. The highest BCUT2D eigenvalue weighted by molar-refractivity contribution is 6.08. The fraction of sp³-hybridized carbons (Fsp3) is 0.412. The minimum Gasteiger partial charge on any atom is -0.467 e. The Hall–Kier alpha value is -2.34. The Bertz CT molecular complexity index is 718. The van der Waals surface area contributed by atoms with Gasteiger partial charge in [0.15, 0.2) is 0 Å². The lowest BCUT2D eigenvalue weighted by molar-refractivity contribution is -0.146. The third-order valence-electron chi connectivity index (χ3n) is 3.69. The van der Waals surface area contributed by atoms with Crippen LogP contribution in [0.2, 0.25) is 0 Å². The van der Waals surface area contributed by atoms with Crippen molar-refractivity contribution in [2.75, 3.05) is 20.8 Å². The van der Waals surface area contributed by atoms with Gasteiger partial charge in [-0.1, -0.05) is 18.2 Å². The first-order valence-electron chi connectivity index (χ1n) is 7.38. The number of nitrogens with one attached hydrogen (secondary N) is 1. The molecule has 0 atom stereocenters. The van der Waals surface area contributed by atoms with Gasteiger partial charge in [0.25, 0.3) is 5.91 Å². The monoisotopic (exact) mass is 318 g/mol. The second-order valence-electron chi connectivity index (χ2n) is 5.82. The first-order chi connectivity index (χ1) is 10.9. The number of rotatable bonds is 6. The van der Waals surface area contributed by atoms with Gasteiger partial charge in [-0.15, -0.1) is 0 Å². The van der Waals surface area contributed by atoms with E-state index in [4.69, 9.17) is 9.47 Å². The molecule has 124 valence electrons. The van der Waals surface area contributed by atoms with Crippen molar-refractivity contribution < 1.29 is 19.1 Å². The summed E-state index contributed by atoms with van der Waals surface area (Å²) in [6, 6.07) is 7.64. The smallest absolute Gasteiger partial charge is 0.330 e. The number of nitrogens with zero attached hydrogens (tertiary/aromatic N) is 1. The van der Waals surface area contributed by atoms with E-state index in [1.54, 1.807) is 27.2 Å². The number of hydrogen-bond donors (Lipinski definition) is 1. The predicted molar refractivity (Wildman–Crippen MR) is 87.4 cm³/mol. The number of fused-ring (bicyclic) bond motifs is 1. The van der Waals surface area contributed by atoms with Crippen LogP contribution >= 0.6 is 0 Å². The van der Waals surface area contributed by atoms with Crippen molar-refractivity contribution in [1.82, 2.24) is 9.88 Å². The van der Waals surface area contributed by atoms with Gasteiger partial charge in [0.2, 0.25) is 0 Å². The molecule has 0 aliphatic carbocycles. The molecule has 0 aliphatic rings. The zero-order valence-corrected chi connectivity index (χ0v) is 13.9. The summed E-state index contributed by atoms with van der Waals surface area (Å²) in [6.07, 6.45) is 1.78. The third-order valence-corrected chi connectivity index (χ3v) is 3.69. The fourth-order valence-corrected chi connectivity index (χ4v) is 2.46. The maximum atomic E-state index is 12.6. The highest BCUT2D eigenvalue weighted by atomic mass is 16.5. The number of benzene rings is 1. The lowest BCUT2D eigenvalue weighted by Gasteiger charge is -2.22. The summed E-state index contributed by atoms with van der Waals surface area (Å²) in [5, 5.41) is 3.56. The van der Waals surface area contributed by atoms with Crippen molar-refractivity contribution in [1.29, 1.82) is 0 Å². The highest BCUT2D eigenvalue weighted by Crippen LogP contribution is 2.22. The molecule has 23 heavy (non-hydrogen) atoms. The van der Waals surface area contributed by atoms with E-state index in [1.165, 1.54) is 7.11 Å². The van der Waals surface area contributed by atoms with Gasteiger partial charge in [-0.3, -0.25) is 4.79 Å². The number of methoxy groups -OCH3 is 2. The van der Waals surface area contributed by atoms with E-state index in [2.05, 4.69) is 5.32 Å². The number of ether oxygens (including phenoxy) is 2. The number of aromatic nitrogens is 1. The first kappa shape index (κ1) is 17.0. The maximum absolute atomic E-state index is 12.6. The summed E-state index contributed by atoms with van der Waals surface area (Å²) in [6.45, 7) is 4.42. The normalized spacial score (nSPS) is 11.5. The molecule has 2 rings (SSSR count). The Balaban J connectivity index is 2.35. The molecule has 0 unspecified atom stereocenters. The highest BCUT2D eigenvalue weighted by Gasteiger charge is 2.31. The Morgan fingerprint density at radius 3 is 2.57 bits per heavy atom. The van der Waals surface area contributed by atoms with Crippen LogP contribution in [-0.4, -0.2) is 42.8 Å². The standard InChI is InChI=1S/C17H22N2O4/c1-17(2,16(21)23-4)18-15(20)13-11-19(9-10-22-3)14-8-6-5-7-12(13)14/h5-8,11H,9-10H2,1-4H3,(H,18,20). The van der Waals surface area contributed by atoms with Gasteiger partial charge in [-0.05, 0) is 19.9 Å². The number of esters is 1. The molecule has 1 heterocycles. The molecule has 2 aromatic rings. The van der Waals surface area contributed by atoms with Crippen molar-refractivity contribution in [3.8, 4) is 0 Å². The molecule has 6 heteroatoms. The van der Waals surface area contributed by atoms with Gasteiger partial charge in [-0.25, -0.2) is 4.79 Å². The molecule has 0 saturated heterocycles. The van der Waals surface area contributed by atoms with Gasteiger partial charge >= 0.3 is 5.97 Å². The average molecular weight is 318 g/mol. The average Bonchev–Trinajstić information content (AvgIpc) is 2.90. The van der Waals surface area contributed by atoms with Crippen molar-refractivity contribution in [3.63, 3.8) is 0 Å². The summed E-state index contributed by atoms with van der Waals surface area (Å²) < 4.78 is 11.8. The molecule has 0 saturated carbocycles. The second-order valence-corrected chi connectivity index (χ2v) is 5.82. The molecule has 0 fully saturated rings. The van der Waals surface area contributed by atoms with Gasteiger partial charge in [0.1, 0.15) is 5.54 Å². The van der Waals surface area contributed by atoms with Crippen molar-refractivity contribution in [2.45, 2.75) is 25.9 Å². The van der Waals surface area contributed by atoms with Crippen LogP contribution in [-0.2, 0) is 20.8 Å². The molecular formula is C17H22N2O4. The Labute approximate surface area is 135 Å². The summed E-state index contributed by atoms with van der Waals surface area (Å²) >= 11 is 0. The molecule has 0 radical (unpaired) electrons. The van der Waals surface area contributed by atoms with Gasteiger partial charge in [0.05, 0.1) is 19.3 Å². The number of hydrogen-bond acceptors (Lipinski definition) is 4. The number of para-hydroxylation sites is 1. The zero-order chi connectivity index (χ0) is 17.0. The molecule has 1 N–H and O–H groups in total. The largest absolute Gasteiger partial charge is 0.467 e. The first-order valence-corrected chi connectivity index (χ1v) is 7.38. The summed E-state index contributed by atoms with van der Waals surface area (Å²) in [4.78, 5) is 24.4. The number of carbonyl (C=O) groups is 2. The number of amides is 1. The van der Waals surface area contributed by atoms with E-state index in [1.807, 2.05) is 28.8 Å². The van der Waals surface area contributed by atoms with Crippen LogP contribution in [0.5, 0.6) is 0 Å². The predicted octanol–water partition coefficient (Wildman–Crippen LogP) is 1.97. The number of carbonyl (C=O) groups excluding carboxylic acids is 2. The molecule has 1 aromatic heterocycles. The van der Waals surface area contributed by atoms with E-state index in [0.29, 0.717) is 18.7 Å². The van der Waals surface area contributed by atoms with Crippen LogP contribution in [0.25, 0.3) is 10.9 Å². The van der Waals surface area contributed by atoms with E-state index >= 15 is 0 Å². The van der Waals surface area contributed by atoms with Gasteiger partial charge < -0.3 is 19.4 Å². The fourth-order valence-electron chi connectivity index (χ4n) is 2.46. The SMILES string of the molecule is COCCn1cc(C(=O)NC(C)(C)C(=O)OC)c2ccccc21. The molecule has 0 bridgehead atoms. The third kappa shape index (κ3) is 3.53. The maximum Gasteiger partial charge on any atom is 0.330 e. The van der Waals surface area contributed by atoms with E-state index < -0.39 is 11.5 Å². The van der Waals surface area contributed by atoms with Crippen LogP contribution < -0.4 is 5.32 Å². The minimum absolute atomic E-state index is 0.312. The van der Waals surface area contributed by atoms with Crippen LogP contribution in [0.1, 0.15) is 24.2 Å². The summed E-state index contributed by atoms with van der Waals surface area (Å²) in [5.74, 6) is -0.804.